The Morgan fingerprint density at radius 1 is 1.15 bits per heavy atom. The average molecular weight is 358 g/mol. The second-order valence-electron chi connectivity index (χ2n) is 7.97. The lowest BCUT2D eigenvalue weighted by Gasteiger charge is -2.16. The number of aromatic nitrogens is 1. The van der Waals surface area contributed by atoms with Gasteiger partial charge in [0, 0.05) is 29.3 Å². The monoisotopic (exact) mass is 358 g/mol. The number of fused-ring (bicyclic) bond motifs is 1. The lowest BCUT2D eigenvalue weighted by molar-refractivity contribution is -0.117. The van der Waals surface area contributed by atoms with Gasteiger partial charge in [0.1, 0.15) is 18.1 Å². The molecule has 0 saturated heterocycles. The van der Waals surface area contributed by atoms with E-state index in [0.29, 0.717) is 18.7 Å². The average Bonchev–Trinajstić information content (AvgIpc) is 2.96. The van der Waals surface area contributed by atoms with Crippen molar-refractivity contribution in [2.75, 3.05) is 26.7 Å². The zero-order chi connectivity index (χ0) is 19.3. The normalized spacial score (nSPS) is 11.9. The minimum absolute atomic E-state index is 0.100. The van der Waals surface area contributed by atoms with Gasteiger partial charge >= 0.3 is 0 Å². The van der Waals surface area contributed by atoms with Crippen LogP contribution in [-0.4, -0.2) is 48.2 Å². The number of carbonyl (C=O) groups is 2. The fourth-order valence-electron chi connectivity index (χ4n) is 2.76. The molecule has 0 aliphatic carbocycles. The van der Waals surface area contributed by atoms with Gasteiger partial charge in [0.25, 0.3) is 0 Å². The minimum Gasteiger partial charge on any atom is -0.492 e. The summed E-state index contributed by atoms with van der Waals surface area (Å²) in [4.78, 5) is 28.7. The fourth-order valence-corrected chi connectivity index (χ4v) is 2.76. The molecule has 26 heavy (non-hydrogen) atoms. The summed E-state index contributed by atoms with van der Waals surface area (Å²) in [6, 6.07) is 7.71. The first-order valence-corrected chi connectivity index (χ1v) is 9.15. The Bertz CT molecular complexity index is 771. The molecule has 142 valence electrons. The predicted octanol–water partition coefficient (Wildman–Crippen LogP) is 4.08. The number of H-pyrrole nitrogens is 1. The summed E-state index contributed by atoms with van der Waals surface area (Å²) >= 11 is 0. The molecule has 5 heteroatoms. The molecule has 2 rings (SSSR count). The van der Waals surface area contributed by atoms with Crippen LogP contribution in [0.3, 0.4) is 0 Å². The molecule has 0 atom stereocenters. The molecule has 0 fully saturated rings. The molecule has 1 N–H and O–H groups in total. The van der Waals surface area contributed by atoms with Crippen LogP contribution in [0.5, 0.6) is 5.75 Å². The van der Waals surface area contributed by atoms with Gasteiger partial charge in [0.15, 0.2) is 5.78 Å². The first-order chi connectivity index (χ1) is 12.2. The van der Waals surface area contributed by atoms with Crippen molar-refractivity contribution in [3.63, 3.8) is 0 Å². The van der Waals surface area contributed by atoms with Crippen LogP contribution in [0.4, 0.5) is 0 Å². The Kier molecular flexibility index (Phi) is 6.59. The Morgan fingerprint density at radius 2 is 1.88 bits per heavy atom. The summed E-state index contributed by atoms with van der Waals surface area (Å²) < 4.78 is 5.84. The molecule has 0 radical (unpaired) electrons. The lowest BCUT2D eigenvalue weighted by Crippen LogP contribution is -2.25. The maximum atomic E-state index is 12.4. The van der Waals surface area contributed by atoms with E-state index in [2.05, 4.69) is 9.88 Å². The number of benzene rings is 1. The number of carbonyl (C=O) groups excluding carboxylic acids is 2. The van der Waals surface area contributed by atoms with Crippen LogP contribution in [0.1, 0.15) is 51.0 Å². The molecule has 2 aromatic rings. The summed E-state index contributed by atoms with van der Waals surface area (Å²) in [6.45, 7) is 9.66. The van der Waals surface area contributed by atoms with Crippen LogP contribution in [0.2, 0.25) is 0 Å². The highest BCUT2D eigenvalue weighted by molar-refractivity contribution is 6.02. The maximum Gasteiger partial charge on any atom is 0.184 e. The summed E-state index contributed by atoms with van der Waals surface area (Å²) in [6.07, 6.45) is 1.51. The number of ketones is 2. The number of rotatable bonds is 9. The second kappa shape index (κ2) is 8.49. The molecule has 5 nitrogen and oxygen atoms in total. The molecule has 0 amide bonds. The number of hydrogen-bond donors (Lipinski definition) is 1. The Balaban J connectivity index is 1.91. The van der Waals surface area contributed by atoms with E-state index in [9.17, 15) is 9.59 Å². The molecular formula is C21H30N2O3. The molecule has 1 heterocycles. The third kappa shape index (κ3) is 5.70. The fraction of sp³-hybridized carbons (Fsp3) is 0.524. The van der Waals surface area contributed by atoms with Gasteiger partial charge in [-0.15, -0.1) is 0 Å². The molecule has 0 bridgehead atoms. The molecule has 0 aliphatic rings. The molecule has 0 unspecified atom stereocenters. The van der Waals surface area contributed by atoms with Crippen molar-refractivity contribution >= 4 is 22.5 Å². The van der Waals surface area contributed by atoms with Crippen molar-refractivity contribution < 1.29 is 14.3 Å². The van der Waals surface area contributed by atoms with Crippen molar-refractivity contribution in [3.05, 3.63) is 30.0 Å². The molecule has 1 aromatic heterocycles. The third-order valence-electron chi connectivity index (χ3n) is 4.33. The van der Waals surface area contributed by atoms with E-state index in [1.54, 1.807) is 6.92 Å². The maximum absolute atomic E-state index is 12.4. The number of nitrogens with one attached hydrogen (secondary N) is 1. The smallest absolute Gasteiger partial charge is 0.184 e. The molecular weight excluding hydrogens is 328 g/mol. The van der Waals surface area contributed by atoms with Gasteiger partial charge in [0.05, 0.1) is 5.69 Å². The van der Waals surface area contributed by atoms with Gasteiger partial charge in [-0.05, 0) is 51.2 Å². The van der Waals surface area contributed by atoms with Gasteiger partial charge in [-0.25, -0.2) is 0 Å². The van der Waals surface area contributed by atoms with Crippen LogP contribution >= 0.6 is 0 Å². The number of hydrogen-bond acceptors (Lipinski definition) is 4. The van der Waals surface area contributed by atoms with Gasteiger partial charge in [-0.3, -0.25) is 4.79 Å². The van der Waals surface area contributed by atoms with Crippen molar-refractivity contribution in [3.8, 4) is 5.75 Å². The second-order valence-corrected chi connectivity index (χ2v) is 7.97. The van der Waals surface area contributed by atoms with Crippen molar-refractivity contribution in [2.24, 2.45) is 5.41 Å². The van der Waals surface area contributed by atoms with E-state index in [1.165, 1.54) is 0 Å². The highest BCUT2D eigenvalue weighted by Gasteiger charge is 2.24. The Hall–Kier alpha value is -2.14. The molecule has 0 spiro atoms. The van der Waals surface area contributed by atoms with Gasteiger partial charge in [0.2, 0.25) is 0 Å². The van der Waals surface area contributed by atoms with E-state index in [4.69, 9.17) is 4.74 Å². The Morgan fingerprint density at radius 3 is 2.54 bits per heavy atom. The summed E-state index contributed by atoms with van der Waals surface area (Å²) in [5.41, 5.74) is 1.16. The van der Waals surface area contributed by atoms with Gasteiger partial charge < -0.3 is 19.4 Å². The molecule has 0 aliphatic heterocycles. The van der Waals surface area contributed by atoms with Gasteiger partial charge in [-0.2, -0.15) is 0 Å². The topological polar surface area (TPSA) is 62.4 Å². The number of Topliss-reactive ketones (excluding diaryl/α,β-unsaturated/α-hetero) is 2. The molecule has 0 saturated carbocycles. The van der Waals surface area contributed by atoms with Crippen LogP contribution in [0.25, 0.3) is 10.9 Å². The number of aromatic amines is 1. The largest absolute Gasteiger partial charge is 0.492 e. The Labute approximate surface area is 155 Å². The SMILES string of the molecule is CC(=O)CCCN(C)CCOc1ccc2[nH]c(C(=O)C(C)(C)C)cc2c1. The highest BCUT2D eigenvalue weighted by Crippen LogP contribution is 2.26. The highest BCUT2D eigenvalue weighted by atomic mass is 16.5. The summed E-state index contributed by atoms with van der Waals surface area (Å²) in [7, 11) is 2.03. The van der Waals surface area contributed by atoms with Crippen LogP contribution in [-0.2, 0) is 4.79 Å². The lowest BCUT2D eigenvalue weighted by atomic mass is 9.89. The van der Waals surface area contributed by atoms with Crippen LogP contribution in [0.15, 0.2) is 24.3 Å². The third-order valence-corrected chi connectivity index (χ3v) is 4.33. The summed E-state index contributed by atoms with van der Waals surface area (Å²) in [5, 5.41) is 0.977. The zero-order valence-corrected chi connectivity index (χ0v) is 16.5. The van der Waals surface area contributed by atoms with E-state index >= 15 is 0 Å². The molecule has 1 aromatic carbocycles. The zero-order valence-electron chi connectivity index (χ0n) is 16.5. The van der Waals surface area contributed by atoms with Crippen molar-refractivity contribution in [1.82, 2.24) is 9.88 Å². The van der Waals surface area contributed by atoms with Crippen LogP contribution in [0, 0.1) is 5.41 Å². The first kappa shape index (κ1) is 20.2. The number of likely N-dealkylation sites (N-methyl/N-ethyl adjacent to an activating group) is 1. The van der Waals surface area contributed by atoms with Crippen LogP contribution < -0.4 is 4.74 Å². The summed E-state index contributed by atoms with van der Waals surface area (Å²) in [5.74, 6) is 1.13. The van der Waals surface area contributed by atoms with E-state index in [0.717, 1.165) is 36.2 Å². The van der Waals surface area contributed by atoms with E-state index < -0.39 is 5.41 Å². The predicted molar refractivity (Wildman–Crippen MR) is 105 cm³/mol. The number of ether oxygens (including phenoxy) is 1. The van der Waals surface area contributed by atoms with Crippen molar-refractivity contribution in [2.45, 2.75) is 40.5 Å². The standard InChI is InChI=1S/C21H30N2O3/c1-15(24)7-6-10-23(5)11-12-26-17-8-9-18-16(13-17)14-19(22-18)20(25)21(2,3)4/h8-9,13-14,22H,6-7,10-12H2,1-5H3. The first-order valence-electron chi connectivity index (χ1n) is 9.15. The minimum atomic E-state index is -0.410. The van der Waals surface area contributed by atoms with Gasteiger partial charge in [-0.1, -0.05) is 20.8 Å². The van der Waals surface area contributed by atoms with Crippen molar-refractivity contribution in [1.29, 1.82) is 0 Å². The van der Waals surface area contributed by atoms with E-state index in [1.807, 2.05) is 52.1 Å². The van der Waals surface area contributed by atoms with E-state index in [-0.39, 0.29) is 11.6 Å². The number of nitrogens with zero attached hydrogens (tertiary/aromatic N) is 1. The quantitative estimate of drug-likeness (QED) is 0.686.